The zero-order valence-electron chi connectivity index (χ0n) is 18.3. The van der Waals surface area contributed by atoms with Gasteiger partial charge in [-0.2, -0.15) is 0 Å². The molecular formula is C23H25N5O4S. The SMILES string of the molecule is COc1ccccc1NC(=O)Cc1nc(COC(=O)C2CCCCN2c2ncccn2)cs1. The van der Waals surface area contributed by atoms with Crippen molar-refractivity contribution in [2.75, 3.05) is 23.9 Å². The summed E-state index contributed by atoms with van der Waals surface area (Å²) in [5.74, 6) is 0.620. The second-order valence-electron chi connectivity index (χ2n) is 7.52. The highest BCUT2D eigenvalue weighted by atomic mass is 32.1. The van der Waals surface area contributed by atoms with E-state index in [-0.39, 0.29) is 24.9 Å². The first-order valence-electron chi connectivity index (χ1n) is 10.7. The maximum absolute atomic E-state index is 12.8. The minimum Gasteiger partial charge on any atom is -0.495 e. The van der Waals surface area contributed by atoms with Crippen LogP contribution in [0.4, 0.5) is 11.6 Å². The third-order valence-electron chi connectivity index (χ3n) is 5.24. The Morgan fingerprint density at radius 1 is 1.18 bits per heavy atom. The van der Waals surface area contributed by atoms with E-state index in [2.05, 4.69) is 20.3 Å². The second kappa shape index (κ2) is 10.9. The number of ether oxygens (including phenoxy) is 2. The number of carbonyl (C=O) groups excluding carboxylic acids is 2. The highest BCUT2D eigenvalue weighted by molar-refractivity contribution is 7.09. The molecule has 1 aliphatic heterocycles. The summed E-state index contributed by atoms with van der Waals surface area (Å²) in [4.78, 5) is 40.1. The number of esters is 1. The third-order valence-corrected chi connectivity index (χ3v) is 6.14. The summed E-state index contributed by atoms with van der Waals surface area (Å²) in [6, 6.07) is 8.55. The Hall–Kier alpha value is -3.53. The van der Waals surface area contributed by atoms with Gasteiger partial charge >= 0.3 is 5.97 Å². The normalized spacial score (nSPS) is 15.7. The quantitative estimate of drug-likeness (QED) is 0.503. The molecule has 9 nitrogen and oxygen atoms in total. The van der Waals surface area contributed by atoms with Crippen LogP contribution in [0.3, 0.4) is 0 Å². The smallest absolute Gasteiger partial charge is 0.329 e. The number of rotatable bonds is 8. The molecule has 3 heterocycles. The third kappa shape index (κ3) is 5.83. The van der Waals surface area contributed by atoms with Crippen LogP contribution in [-0.2, 0) is 27.4 Å². The van der Waals surface area contributed by atoms with Crippen molar-refractivity contribution in [3.8, 4) is 5.75 Å². The van der Waals surface area contributed by atoms with E-state index >= 15 is 0 Å². The van der Waals surface area contributed by atoms with Crippen molar-refractivity contribution in [3.05, 3.63) is 58.8 Å². The van der Waals surface area contributed by atoms with Gasteiger partial charge in [-0.05, 0) is 37.5 Å². The van der Waals surface area contributed by atoms with Gasteiger partial charge in [0.2, 0.25) is 11.9 Å². The van der Waals surface area contributed by atoms with E-state index in [1.54, 1.807) is 43.1 Å². The van der Waals surface area contributed by atoms with Gasteiger partial charge in [0.15, 0.2) is 0 Å². The second-order valence-corrected chi connectivity index (χ2v) is 8.46. The Bertz CT molecular complexity index is 1090. The molecule has 1 atom stereocenters. The van der Waals surface area contributed by atoms with Crippen LogP contribution in [-0.4, -0.2) is 46.5 Å². The number of nitrogens with zero attached hydrogens (tertiary/aromatic N) is 4. The predicted molar refractivity (Wildman–Crippen MR) is 124 cm³/mol. The first kappa shape index (κ1) is 22.7. The molecule has 1 aromatic carbocycles. The lowest BCUT2D eigenvalue weighted by Gasteiger charge is -2.33. The summed E-state index contributed by atoms with van der Waals surface area (Å²) in [6.45, 7) is 0.773. The van der Waals surface area contributed by atoms with E-state index in [4.69, 9.17) is 9.47 Å². The van der Waals surface area contributed by atoms with E-state index in [0.29, 0.717) is 41.1 Å². The van der Waals surface area contributed by atoms with Crippen molar-refractivity contribution in [1.82, 2.24) is 15.0 Å². The molecule has 1 saturated heterocycles. The standard InChI is InChI=1S/C23H25N5O4S/c1-31-19-9-3-2-7-17(19)27-20(29)13-21-26-16(15-33-21)14-32-22(30)18-8-4-5-12-28(18)23-24-10-6-11-25-23/h2-3,6-7,9-11,15,18H,4-5,8,12-14H2,1H3,(H,27,29). The molecule has 0 bridgehead atoms. The molecule has 0 radical (unpaired) electrons. The summed E-state index contributed by atoms with van der Waals surface area (Å²) in [7, 11) is 1.55. The van der Waals surface area contributed by atoms with Crippen molar-refractivity contribution in [1.29, 1.82) is 0 Å². The molecule has 1 fully saturated rings. The van der Waals surface area contributed by atoms with Gasteiger partial charge in [-0.1, -0.05) is 12.1 Å². The molecule has 1 unspecified atom stereocenters. The summed E-state index contributed by atoms with van der Waals surface area (Å²) < 4.78 is 10.8. The molecule has 0 aliphatic carbocycles. The Kier molecular flexibility index (Phi) is 7.46. The van der Waals surface area contributed by atoms with Gasteiger partial charge in [0.1, 0.15) is 23.4 Å². The Morgan fingerprint density at radius 2 is 2.00 bits per heavy atom. The van der Waals surface area contributed by atoms with Crippen LogP contribution in [0.1, 0.15) is 30.0 Å². The zero-order valence-corrected chi connectivity index (χ0v) is 19.1. The maximum atomic E-state index is 12.8. The van der Waals surface area contributed by atoms with Crippen molar-refractivity contribution < 1.29 is 19.1 Å². The topological polar surface area (TPSA) is 107 Å². The molecule has 1 amide bonds. The fraction of sp³-hybridized carbons (Fsp3) is 0.348. The Morgan fingerprint density at radius 3 is 2.82 bits per heavy atom. The number of hydrogen-bond donors (Lipinski definition) is 1. The van der Waals surface area contributed by atoms with Crippen molar-refractivity contribution in [2.45, 2.75) is 38.3 Å². The molecule has 0 saturated carbocycles. The molecule has 33 heavy (non-hydrogen) atoms. The minimum absolute atomic E-state index is 0.0590. The average Bonchev–Trinajstić information content (AvgIpc) is 3.30. The van der Waals surface area contributed by atoms with E-state index < -0.39 is 6.04 Å². The zero-order chi connectivity index (χ0) is 23.0. The van der Waals surface area contributed by atoms with Gasteiger partial charge in [-0.3, -0.25) is 4.79 Å². The number of benzene rings is 1. The van der Waals surface area contributed by atoms with Crippen molar-refractivity contribution >= 4 is 34.8 Å². The highest BCUT2D eigenvalue weighted by Crippen LogP contribution is 2.24. The van der Waals surface area contributed by atoms with Crippen molar-refractivity contribution in [2.24, 2.45) is 0 Å². The number of thiazole rings is 1. The van der Waals surface area contributed by atoms with Crippen LogP contribution in [0.25, 0.3) is 0 Å². The van der Waals surface area contributed by atoms with Crippen LogP contribution in [0.5, 0.6) is 5.75 Å². The highest BCUT2D eigenvalue weighted by Gasteiger charge is 2.31. The largest absolute Gasteiger partial charge is 0.495 e. The van der Waals surface area contributed by atoms with E-state index in [1.165, 1.54) is 11.3 Å². The van der Waals surface area contributed by atoms with E-state index in [1.807, 2.05) is 17.0 Å². The molecule has 2 aromatic heterocycles. The molecular weight excluding hydrogens is 442 g/mol. The number of nitrogens with one attached hydrogen (secondary N) is 1. The molecule has 1 N–H and O–H groups in total. The lowest BCUT2D eigenvalue weighted by molar-refractivity contribution is -0.147. The number of amides is 1. The van der Waals surface area contributed by atoms with E-state index in [9.17, 15) is 9.59 Å². The summed E-state index contributed by atoms with van der Waals surface area (Å²) >= 11 is 1.36. The minimum atomic E-state index is -0.411. The molecule has 0 spiro atoms. The maximum Gasteiger partial charge on any atom is 0.329 e. The van der Waals surface area contributed by atoms with Gasteiger partial charge in [0.05, 0.1) is 24.9 Å². The fourth-order valence-corrected chi connectivity index (χ4v) is 4.45. The summed E-state index contributed by atoms with van der Waals surface area (Å²) in [5.41, 5.74) is 1.22. The van der Waals surface area contributed by atoms with Crippen molar-refractivity contribution in [3.63, 3.8) is 0 Å². The fourth-order valence-electron chi connectivity index (χ4n) is 3.67. The number of hydrogen-bond acceptors (Lipinski definition) is 9. The monoisotopic (exact) mass is 467 g/mol. The van der Waals surface area contributed by atoms with Gasteiger partial charge < -0.3 is 19.7 Å². The predicted octanol–water partition coefficient (Wildman–Crippen LogP) is 3.23. The number of para-hydroxylation sites is 2. The van der Waals surface area contributed by atoms with Gasteiger partial charge in [0, 0.05) is 24.3 Å². The molecule has 10 heteroatoms. The average molecular weight is 468 g/mol. The summed E-state index contributed by atoms with van der Waals surface area (Å²) in [5, 5.41) is 5.28. The Labute approximate surface area is 195 Å². The van der Waals surface area contributed by atoms with Gasteiger partial charge in [-0.15, -0.1) is 11.3 Å². The van der Waals surface area contributed by atoms with Gasteiger partial charge in [0.25, 0.3) is 0 Å². The number of piperidine rings is 1. The van der Waals surface area contributed by atoms with Crippen LogP contribution in [0, 0.1) is 0 Å². The number of methoxy groups -OCH3 is 1. The number of anilines is 2. The Balaban J connectivity index is 1.31. The first-order valence-corrected chi connectivity index (χ1v) is 11.6. The van der Waals surface area contributed by atoms with Crippen LogP contribution < -0.4 is 15.0 Å². The summed E-state index contributed by atoms with van der Waals surface area (Å²) in [6.07, 6.45) is 6.08. The van der Waals surface area contributed by atoms with Crippen LogP contribution >= 0.6 is 11.3 Å². The molecule has 1 aliphatic rings. The first-order chi connectivity index (χ1) is 16.1. The van der Waals surface area contributed by atoms with Crippen LogP contribution in [0.2, 0.25) is 0 Å². The van der Waals surface area contributed by atoms with Gasteiger partial charge in [-0.25, -0.2) is 19.7 Å². The molecule has 3 aromatic rings. The van der Waals surface area contributed by atoms with Crippen LogP contribution in [0.15, 0.2) is 48.1 Å². The lowest BCUT2D eigenvalue weighted by Crippen LogP contribution is -2.46. The lowest BCUT2D eigenvalue weighted by atomic mass is 10.0. The van der Waals surface area contributed by atoms with E-state index in [0.717, 1.165) is 12.8 Å². The molecule has 172 valence electrons. The number of aromatic nitrogens is 3. The number of carbonyl (C=O) groups is 2. The molecule has 4 rings (SSSR count).